The van der Waals surface area contributed by atoms with Crippen LogP contribution in [0.2, 0.25) is 0 Å². The summed E-state index contributed by atoms with van der Waals surface area (Å²) in [6.07, 6.45) is -3.55. The lowest BCUT2D eigenvalue weighted by Crippen LogP contribution is -2.29. The van der Waals surface area contributed by atoms with Crippen LogP contribution in [-0.2, 0) is 4.79 Å². The van der Waals surface area contributed by atoms with E-state index in [1.54, 1.807) is 24.3 Å². The smallest absolute Gasteiger partial charge is 0.359 e. The lowest BCUT2D eigenvalue weighted by atomic mass is 10.2. The SMILES string of the molecule is O=C(Nc1c[nH]c2ccccc12)C(F)(F)F. The maximum absolute atomic E-state index is 12.0. The van der Waals surface area contributed by atoms with Gasteiger partial charge in [0.05, 0.1) is 5.69 Å². The molecule has 1 amide bonds. The number of aromatic nitrogens is 1. The number of amides is 1. The highest BCUT2D eigenvalue weighted by Crippen LogP contribution is 2.25. The van der Waals surface area contributed by atoms with Gasteiger partial charge in [-0.15, -0.1) is 0 Å². The molecule has 0 radical (unpaired) electrons. The number of halogens is 3. The summed E-state index contributed by atoms with van der Waals surface area (Å²) >= 11 is 0. The first-order chi connectivity index (χ1) is 7.48. The molecule has 0 aliphatic rings. The van der Waals surface area contributed by atoms with Crippen molar-refractivity contribution in [3.05, 3.63) is 30.5 Å². The van der Waals surface area contributed by atoms with Crippen LogP contribution in [0.1, 0.15) is 0 Å². The summed E-state index contributed by atoms with van der Waals surface area (Å²) < 4.78 is 36.1. The van der Waals surface area contributed by atoms with Gasteiger partial charge in [0.2, 0.25) is 0 Å². The normalized spacial score (nSPS) is 11.7. The fourth-order valence-electron chi connectivity index (χ4n) is 1.37. The lowest BCUT2D eigenvalue weighted by Gasteiger charge is -2.06. The first kappa shape index (κ1) is 10.5. The van der Waals surface area contributed by atoms with Crippen molar-refractivity contribution >= 4 is 22.5 Å². The Morgan fingerprint density at radius 1 is 1.25 bits per heavy atom. The van der Waals surface area contributed by atoms with E-state index in [0.29, 0.717) is 10.9 Å². The Bertz CT molecular complexity index is 530. The molecule has 0 fully saturated rings. The Hall–Kier alpha value is -1.98. The first-order valence-electron chi connectivity index (χ1n) is 4.43. The number of carbonyl (C=O) groups excluding carboxylic acids is 1. The second kappa shape index (κ2) is 3.55. The van der Waals surface area contributed by atoms with Gasteiger partial charge < -0.3 is 10.3 Å². The second-order valence-corrected chi connectivity index (χ2v) is 3.20. The van der Waals surface area contributed by atoms with Crippen molar-refractivity contribution < 1.29 is 18.0 Å². The molecule has 16 heavy (non-hydrogen) atoms. The van der Waals surface area contributed by atoms with E-state index in [9.17, 15) is 18.0 Å². The van der Waals surface area contributed by atoms with Crippen molar-refractivity contribution in [3.63, 3.8) is 0 Å². The number of nitrogens with one attached hydrogen (secondary N) is 2. The van der Waals surface area contributed by atoms with E-state index in [4.69, 9.17) is 0 Å². The van der Waals surface area contributed by atoms with Crippen LogP contribution in [0, 0.1) is 0 Å². The Balaban J connectivity index is 2.32. The van der Waals surface area contributed by atoms with Gasteiger partial charge in [0.25, 0.3) is 0 Å². The molecular weight excluding hydrogens is 221 g/mol. The number of anilines is 1. The summed E-state index contributed by atoms with van der Waals surface area (Å²) in [5.74, 6) is -1.97. The van der Waals surface area contributed by atoms with Gasteiger partial charge in [-0.3, -0.25) is 4.79 Å². The molecule has 0 unspecified atom stereocenters. The van der Waals surface area contributed by atoms with E-state index >= 15 is 0 Å². The highest BCUT2D eigenvalue weighted by molar-refractivity contribution is 6.03. The Morgan fingerprint density at radius 3 is 2.62 bits per heavy atom. The zero-order chi connectivity index (χ0) is 11.8. The minimum absolute atomic E-state index is 0.123. The monoisotopic (exact) mass is 228 g/mol. The number of benzene rings is 1. The highest BCUT2D eigenvalue weighted by Gasteiger charge is 2.38. The highest BCUT2D eigenvalue weighted by atomic mass is 19.4. The van der Waals surface area contributed by atoms with Crippen LogP contribution >= 0.6 is 0 Å². The lowest BCUT2D eigenvalue weighted by molar-refractivity contribution is -0.167. The molecule has 84 valence electrons. The van der Waals surface area contributed by atoms with Crippen LogP contribution < -0.4 is 5.32 Å². The predicted octanol–water partition coefficient (Wildman–Crippen LogP) is 2.67. The molecule has 0 saturated carbocycles. The van der Waals surface area contributed by atoms with Crippen molar-refractivity contribution in [1.29, 1.82) is 0 Å². The Kier molecular flexibility index (Phi) is 2.34. The molecular formula is C10H7F3N2O. The molecule has 0 spiro atoms. The van der Waals surface area contributed by atoms with Crippen LogP contribution in [0.4, 0.5) is 18.9 Å². The number of hydrogen-bond acceptors (Lipinski definition) is 1. The zero-order valence-corrected chi connectivity index (χ0v) is 7.93. The molecule has 1 aromatic heterocycles. The Morgan fingerprint density at radius 2 is 1.94 bits per heavy atom. The number of carbonyl (C=O) groups is 1. The van der Waals surface area contributed by atoms with E-state index in [1.165, 1.54) is 6.20 Å². The molecule has 0 aliphatic heterocycles. The third-order valence-corrected chi connectivity index (χ3v) is 2.09. The summed E-state index contributed by atoms with van der Waals surface area (Å²) in [6.45, 7) is 0. The molecule has 2 aromatic rings. The third kappa shape index (κ3) is 1.86. The number of hydrogen-bond donors (Lipinski definition) is 2. The summed E-state index contributed by atoms with van der Waals surface area (Å²) in [5, 5.41) is 2.35. The van der Waals surface area contributed by atoms with Gasteiger partial charge in [0, 0.05) is 17.1 Å². The maximum Gasteiger partial charge on any atom is 0.471 e. The average molecular weight is 228 g/mol. The van der Waals surface area contributed by atoms with Crippen molar-refractivity contribution in [3.8, 4) is 0 Å². The number of rotatable bonds is 1. The van der Waals surface area contributed by atoms with Crippen LogP contribution in [0.5, 0.6) is 0 Å². The van der Waals surface area contributed by atoms with Crippen LogP contribution in [0.3, 0.4) is 0 Å². The van der Waals surface area contributed by atoms with Gasteiger partial charge in [-0.25, -0.2) is 0 Å². The molecule has 3 nitrogen and oxygen atoms in total. The minimum atomic E-state index is -4.88. The van der Waals surface area contributed by atoms with Gasteiger partial charge in [-0.05, 0) is 6.07 Å². The van der Waals surface area contributed by atoms with Crippen molar-refractivity contribution in [1.82, 2.24) is 4.98 Å². The predicted molar refractivity (Wildman–Crippen MR) is 53.0 cm³/mol. The van der Waals surface area contributed by atoms with Crippen molar-refractivity contribution in [2.75, 3.05) is 5.32 Å². The fourth-order valence-corrected chi connectivity index (χ4v) is 1.37. The molecule has 1 heterocycles. The molecule has 6 heteroatoms. The molecule has 2 rings (SSSR count). The topological polar surface area (TPSA) is 44.9 Å². The van der Waals surface area contributed by atoms with Crippen molar-refractivity contribution in [2.24, 2.45) is 0 Å². The van der Waals surface area contributed by atoms with Crippen LogP contribution in [0.15, 0.2) is 30.5 Å². The number of aromatic amines is 1. The number of para-hydroxylation sites is 1. The summed E-state index contributed by atoms with van der Waals surface area (Å²) in [7, 11) is 0. The summed E-state index contributed by atoms with van der Waals surface area (Å²) in [6, 6.07) is 6.75. The zero-order valence-electron chi connectivity index (χ0n) is 7.93. The summed E-state index contributed by atoms with van der Waals surface area (Å²) in [4.78, 5) is 13.5. The second-order valence-electron chi connectivity index (χ2n) is 3.20. The van der Waals surface area contributed by atoms with Gasteiger partial charge >= 0.3 is 12.1 Å². The summed E-state index contributed by atoms with van der Waals surface area (Å²) in [5.41, 5.74) is 0.790. The molecule has 0 saturated heterocycles. The molecule has 0 bridgehead atoms. The van der Waals surface area contributed by atoms with Gasteiger partial charge in [0.15, 0.2) is 0 Å². The van der Waals surface area contributed by atoms with E-state index < -0.39 is 12.1 Å². The van der Waals surface area contributed by atoms with E-state index in [1.807, 2.05) is 5.32 Å². The van der Waals surface area contributed by atoms with Gasteiger partial charge in [-0.2, -0.15) is 13.2 Å². The molecule has 0 aliphatic carbocycles. The van der Waals surface area contributed by atoms with E-state index in [0.717, 1.165) is 0 Å². The largest absolute Gasteiger partial charge is 0.471 e. The first-order valence-corrected chi connectivity index (χ1v) is 4.43. The van der Waals surface area contributed by atoms with Gasteiger partial charge in [-0.1, -0.05) is 18.2 Å². The minimum Gasteiger partial charge on any atom is -0.359 e. The average Bonchev–Trinajstić information content (AvgIpc) is 2.61. The molecule has 0 atom stereocenters. The number of fused-ring (bicyclic) bond motifs is 1. The third-order valence-electron chi connectivity index (χ3n) is 2.09. The van der Waals surface area contributed by atoms with Crippen LogP contribution in [0.25, 0.3) is 10.9 Å². The van der Waals surface area contributed by atoms with E-state index in [2.05, 4.69) is 4.98 Å². The maximum atomic E-state index is 12.0. The van der Waals surface area contributed by atoms with E-state index in [-0.39, 0.29) is 5.69 Å². The standard InChI is InChI=1S/C10H7F3N2O/c11-10(12,13)9(16)15-8-5-14-7-4-2-1-3-6(7)8/h1-5,14H,(H,15,16). The van der Waals surface area contributed by atoms with Gasteiger partial charge in [0.1, 0.15) is 0 Å². The van der Waals surface area contributed by atoms with Crippen molar-refractivity contribution in [2.45, 2.75) is 6.18 Å². The fraction of sp³-hybridized carbons (Fsp3) is 0.100. The Labute approximate surface area is 88.3 Å². The quantitative estimate of drug-likeness (QED) is 0.774. The number of H-pyrrole nitrogens is 1. The number of alkyl halides is 3. The van der Waals surface area contributed by atoms with Crippen LogP contribution in [-0.4, -0.2) is 17.1 Å². The molecule has 1 aromatic carbocycles. The molecule has 2 N–H and O–H groups in total.